The van der Waals surface area contributed by atoms with Gasteiger partial charge in [-0.15, -0.1) is 0 Å². The largest absolute Gasteiger partial charge is 0.484 e. The van der Waals surface area contributed by atoms with Crippen molar-refractivity contribution in [3.63, 3.8) is 0 Å². The van der Waals surface area contributed by atoms with Crippen molar-refractivity contribution in [1.82, 2.24) is 5.43 Å². The Kier molecular flexibility index (Phi) is 5.96. The Hall–Kier alpha value is -2.36. The zero-order chi connectivity index (χ0) is 17.7. The monoisotopic (exact) mass is 326 g/mol. The van der Waals surface area contributed by atoms with Gasteiger partial charge in [0.15, 0.2) is 6.61 Å². The molecule has 0 fully saturated rings. The number of aryl methyl sites for hydroxylation is 2. The molecule has 1 aromatic rings. The average molecular weight is 326 g/mol. The number of carbonyl (C=O) groups is 1. The SMILES string of the molecule is C=C(C)C1CC=C(C)C(=NNC(=O)COc2cc(C)cc(C)c2)C1. The van der Waals surface area contributed by atoms with Gasteiger partial charge in [0.2, 0.25) is 0 Å². The maximum Gasteiger partial charge on any atom is 0.277 e. The van der Waals surface area contributed by atoms with E-state index in [0.717, 1.165) is 40.8 Å². The summed E-state index contributed by atoms with van der Waals surface area (Å²) in [5.74, 6) is 0.842. The highest BCUT2D eigenvalue weighted by Gasteiger charge is 2.18. The first-order valence-corrected chi connectivity index (χ1v) is 8.24. The smallest absolute Gasteiger partial charge is 0.277 e. The maximum atomic E-state index is 12.0. The number of benzene rings is 1. The fourth-order valence-electron chi connectivity index (χ4n) is 2.75. The van der Waals surface area contributed by atoms with Crippen LogP contribution in [0, 0.1) is 19.8 Å². The van der Waals surface area contributed by atoms with Gasteiger partial charge in [-0.2, -0.15) is 5.10 Å². The molecule has 1 N–H and O–H groups in total. The Balaban J connectivity index is 1.91. The van der Waals surface area contributed by atoms with Crippen LogP contribution >= 0.6 is 0 Å². The van der Waals surface area contributed by atoms with Crippen LogP contribution in [0.2, 0.25) is 0 Å². The molecule has 24 heavy (non-hydrogen) atoms. The summed E-state index contributed by atoms with van der Waals surface area (Å²) in [6.07, 6.45) is 3.96. The Morgan fingerprint density at radius 3 is 2.58 bits per heavy atom. The highest BCUT2D eigenvalue weighted by atomic mass is 16.5. The molecule has 0 aromatic heterocycles. The minimum absolute atomic E-state index is 0.0493. The lowest BCUT2D eigenvalue weighted by molar-refractivity contribution is -0.123. The molecule has 1 aliphatic carbocycles. The zero-order valence-corrected chi connectivity index (χ0v) is 15.0. The fourth-order valence-corrected chi connectivity index (χ4v) is 2.75. The van der Waals surface area contributed by atoms with Gasteiger partial charge in [0, 0.05) is 0 Å². The molecule has 2 rings (SSSR count). The minimum atomic E-state index is -0.257. The van der Waals surface area contributed by atoms with Crippen LogP contribution in [0.25, 0.3) is 0 Å². The standard InChI is InChI=1S/C20H26N2O2/c1-13(2)17-7-6-16(5)19(11-17)21-22-20(23)12-24-18-9-14(3)8-15(4)10-18/h6,8-10,17H,1,7,11-12H2,2-5H3,(H,22,23). The fraction of sp³-hybridized carbons (Fsp3) is 0.400. The number of rotatable bonds is 5. The lowest BCUT2D eigenvalue weighted by Gasteiger charge is -2.22. The van der Waals surface area contributed by atoms with Crippen LogP contribution in [0.15, 0.2) is 47.1 Å². The van der Waals surface area contributed by atoms with E-state index in [-0.39, 0.29) is 12.5 Å². The maximum absolute atomic E-state index is 12.0. The molecule has 1 atom stereocenters. The molecule has 1 unspecified atom stereocenters. The summed E-state index contributed by atoms with van der Waals surface area (Å²) >= 11 is 0. The number of allylic oxidation sites excluding steroid dienone is 3. The molecule has 1 amide bonds. The minimum Gasteiger partial charge on any atom is -0.484 e. The zero-order valence-electron chi connectivity index (χ0n) is 15.0. The van der Waals surface area contributed by atoms with E-state index in [4.69, 9.17) is 4.74 Å². The van der Waals surface area contributed by atoms with Gasteiger partial charge < -0.3 is 4.74 Å². The van der Waals surface area contributed by atoms with Crippen LogP contribution in [-0.2, 0) is 4.79 Å². The second-order valence-corrected chi connectivity index (χ2v) is 6.58. The van der Waals surface area contributed by atoms with Gasteiger partial charge in [0.1, 0.15) is 5.75 Å². The first-order valence-electron chi connectivity index (χ1n) is 8.24. The Labute approximate surface area is 144 Å². The van der Waals surface area contributed by atoms with E-state index in [0.29, 0.717) is 11.7 Å². The third-order valence-corrected chi connectivity index (χ3v) is 4.18. The van der Waals surface area contributed by atoms with Crippen molar-refractivity contribution in [2.75, 3.05) is 6.61 Å². The van der Waals surface area contributed by atoms with E-state index in [2.05, 4.69) is 29.2 Å². The van der Waals surface area contributed by atoms with Crippen LogP contribution in [-0.4, -0.2) is 18.2 Å². The van der Waals surface area contributed by atoms with E-state index in [9.17, 15) is 4.79 Å². The van der Waals surface area contributed by atoms with Gasteiger partial charge in [0.25, 0.3) is 5.91 Å². The van der Waals surface area contributed by atoms with Crippen molar-refractivity contribution in [1.29, 1.82) is 0 Å². The van der Waals surface area contributed by atoms with Gasteiger partial charge >= 0.3 is 0 Å². The first kappa shape index (κ1) is 18.0. The van der Waals surface area contributed by atoms with Crippen molar-refractivity contribution in [3.05, 3.63) is 53.1 Å². The van der Waals surface area contributed by atoms with Gasteiger partial charge in [0.05, 0.1) is 5.71 Å². The number of hydrazone groups is 1. The third-order valence-electron chi connectivity index (χ3n) is 4.18. The van der Waals surface area contributed by atoms with Crippen LogP contribution in [0.5, 0.6) is 5.75 Å². The van der Waals surface area contributed by atoms with Crippen molar-refractivity contribution in [3.8, 4) is 5.75 Å². The molecule has 0 aliphatic heterocycles. The molecule has 0 bridgehead atoms. The predicted molar refractivity (Wildman–Crippen MR) is 98.3 cm³/mol. The van der Waals surface area contributed by atoms with Crippen LogP contribution in [0.3, 0.4) is 0 Å². The second kappa shape index (κ2) is 7.95. The highest BCUT2D eigenvalue weighted by Crippen LogP contribution is 2.26. The van der Waals surface area contributed by atoms with Crippen molar-refractivity contribution < 1.29 is 9.53 Å². The molecular formula is C20H26N2O2. The van der Waals surface area contributed by atoms with Crippen molar-refractivity contribution in [2.24, 2.45) is 11.0 Å². The number of ether oxygens (including phenoxy) is 1. The normalized spacial score (nSPS) is 18.9. The molecular weight excluding hydrogens is 300 g/mol. The summed E-state index contributed by atoms with van der Waals surface area (Å²) in [6.45, 7) is 12.0. The van der Waals surface area contributed by atoms with E-state index in [1.54, 1.807) is 0 Å². The number of nitrogens with zero attached hydrogens (tertiary/aromatic N) is 1. The van der Waals surface area contributed by atoms with Gasteiger partial charge in [-0.05, 0) is 75.3 Å². The van der Waals surface area contributed by atoms with Crippen LogP contribution < -0.4 is 10.2 Å². The lowest BCUT2D eigenvalue weighted by Crippen LogP contribution is -2.27. The summed E-state index contributed by atoms with van der Waals surface area (Å²) in [5, 5.41) is 4.27. The first-order chi connectivity index (χ1) is 11.3. The van der Waals surface area contributed by atoms with Crippen molar-refractivity contribution in [2.45, 2.75) is 40.5 Å². The molecule has 1 aromatic carbocycles. The summed E-state index contributed by atoms with van der Waals surface area (Å²) in [5.41, 5.74) is 7.99. The van der Waals surface area contributed by atoms with Crippen molar-refractivity contribution >= 4 is 11.6 Å². The molecule has 0 spiro atoms. The number of hydrogen-bond donors (Lipinski definition) is 1. The summed E-state index contributed by atoms with van der Waals surface area (Å²) in [6, 6.07) is 5.89. The second-order valence-electron chi connectivity index (χ2n) is 6.58. The van der Waals surface area contributed by atoms with E-state index in [1.807, 2.05) is 39.8 Å². The molecule has 4 heteroatoms. The van der Waals surface area contributed by atoms with Gasteiger partial charge in [-0.1, -0.05) is 24.3 Å². The van der Waals surface area contributed by atoms with Crippen LogP contribution in [0.4, 0.5) is 0 Å². The lowest BCUT2D eigenvalue weighted by atomic mass is 9.85. The van der Waals surface area contributed by atoms with E-state index < -0.39 is 0 Å². The Morgan fingerprint density at radius 1 is 1.29 bits per heavy atom. The number of hydrogen-bond acceptors (Lipinski definition) is 3. The molecule has 0 radical (unpaired) electrons. The molecule has 0 heterocycles. The molecule has 128 valence electrons. The summed E-state index contributed by atoms with van der Waals surface area (Å²) < 4.78 is 5.55. The molecule has 4 nitrogen and oxygen atoms in total. The number of nitrogens with one attached hydrogen (secondary N) is 1. The van der Waals surface area contributed by atoms with E-state index in [1.165, 1.54) is 0 Å². The topological polar surface area (TPSA) is 50.7 Å². The molecule has 0 saturated carbocycles. The molecule has 1 aliphatic rings. The van der Waals surface area contributed by atoms with E-state index >= 15 is 0 Å². The number of amides is 1. The predicted octanol–water partition coefficient (Wildman–Crippen LogP) is 4.09. The highest BCUT2D eigenvalue weighted by molar-refractivity contribution is 6.01. The number of carbonyl (C=O) groups excluding carboxylic acids is 1. The molecule has 0 saturated heterocycles. The Bertz CT molecular complexity index is 681. The van der Waals surface area contributed by atoms with Gasteiger partial charge in [-0.25, -0.2) is 5.43 Å². The summed E-state index contributed by atoms with van der Waals surface area (Å²) in [4.78, 5) is 12.0. The quantitative estimate of drug-likeness (QED) is 0.654. The van der Waals surface area contributed by atoms with Crippen LogP contribution in [0.1, 0.15) is 37.8 Å². The Morgan fingerprint density at radius 2 is 1.96 bits per heavy atom. The summed E-state index contributed by atoms with van der Waals surface area (Å²) in [7, 11) is 0. The average Bonchev–Trinajstić information content (AvgIpc) is 2.51. The van der Waals surface area contributed by atoms with Gasteiger partial charge in [-0.3, -0.25) is 4.79 Å². The third kappa shape index (κ3) is 5.08.